The smallest absolute Gasteiger partial charge is 0.408 e. The molecule has 8 atom stereocenters. The van der Waals surface area contributed by atoms with Gasteiger partial charge in [-0.25, -0.2) is 4.79 Å². The molecule has 0 aliphatic carbocycles. The Bertz CT molecular complexity index is 1360. The topological polar surface area (TPSA) is 172 Å². The van der Waals surface area contributed by atoms with E-state index in [0.29, 0.717) is 0 Å². The summed E-state index contributed by atoms with van der Waals surface area (Å²) in [6.45, 7) is 9.68. The van der Waals surface area contributed by atoms with Gasteiger partial charge < -0.3 is 39.1 Å². The van der Waals surface area contributed by atoms with Crippen LogP contribution in [0, 0.1) is 0 Å². The number of hydrazine groups is 1. The molecule has 0 bridgehead atoms. The van der Waals surface area contributed by atoms with Gasteiger partial charge in [0.25, 0.3) is 11.8 Å². The average Bonchev–Trinajstić information content (AvgIpc) is 3.03. The Morgan fingerprint density at radius 3 is 2.19 bits per heavy atom. The fourth-order valence-corrected chi connectivity index (χ4v) is 4.98. The van der Waals surface area contributed by atoms with Gasteiger partial charge in [-0.05, 0) is 40.2 Å². The molecule has 4 rings (SSSR count). The first-order chi connectivity index (χ1) is 22.3. The number of alkyl carbamates (subject to hydrolysis) is 1. The average molecular weight is 657 g/mol. The lowest BCUT2D eigenvalue weighted by atomic mass is 9.95. The van der Waals surface area contributed by atoms with Gasteiger partial charge >= 0.3 is 6.09 Å². The van der Waals surface area contributed by atoms with Gasteiger partial charge in [-0.1, -0.05) is 60.7 Å². The summed E-state index contributed by atoms with van der Waals surface area (Å²) in [5, 5.41) is 5.27. The summed E-state index contributed by atoms with van der Waals surface area (Å²) in [7, 11) is 0. The predicted octanol–water partition coefficient (Wildman–Crippen LogP) is 2.38. The van der Waals surface area contributed by atoms with Gasteiger partial charge in [-0.2, -0.15) is 0 Å². The molecular formula is C33H44N4O10. The van der Waals surface area contributed by atoms with E-state index in [1.165, 1.54) is 20.8 Å². The highest BCUT2D eigenvalue weighted by molar-refractivity contribution is 5.88. The van der Waals surface area contributed by atoms with Crippen LogP contribution in [0.3, 0.4) is 0 Å². The molecule has 4 amide bonds. The van der Waals surface area contributed by atoms with E-state index in [-0.39, 0.29) is 19.1 Å². The summed E-state index contributed by atoms with van der Waals surface area (Å²) in [5.41, 5.74) is 5.51. The highest BCUT2D eigenvalue weighted by atomic mass is 16.8. The summed E-state index contributed by atoms with van der Waals surface area (Å²) in [4.78, 5) is 50.2. The van der Waals surface area contributed by atoms with E-state index in [1.54, 1.807) is 20.8 Å². The first-order valence-corrected chi connectivity index (χ1v) is 15.5. The number of ether oxygens (including phenoxy) is 6. The van der Waals surface area contributed by atoms with Crippen LogP contribution in [-0.2, 0) is 49.4 Å². The van der Waals surface area contributed by atoms with Crippen molar-refractivity contribution in [2.75, 3.05) is 6.61 Å². The summed E-state index contributed by atoms with van der Waals surface area (Å²) in [5.74, 6) is -1.76. The van der Waals surface area contributed by atoms with Crippen molar-refractivity contribution in [1.29, 1.82) is 0 Å². The molecule has 2 saturated heterocycles. The molecule has 0 radical (unpaired) electrons. The number of fused-ring (bicyclic) bond motifs is 1. The van der Waals surface area contributed by atoms with E-state index >= 15 is 0 Å². The Kier molecular flexibility index (Phi) is 12.3. The summed E-state index contributed by atoms with van der Waals surface area (Å²) >= 11 is 0. The van der Waals surface area contributed by atoms with Crippen LogP contribution in [0.25, 0.3) is 0 Å². The lowest BCUT2D eigenvalue weighted by Gasteiger charge is -2.49. The largest absolute Gasteiger partial charge is 0.444 e. The molecule has 14 heteroatoms. The van der Waals surface area contributed by atoms with Crippen molar-refractivity contribution in [3.8, 4) is 0 Å². The molecule has 2 fully saturated rings. The van der Waals surface area contributed by atoms with Gasteiger partial charge in [0.1, 0.15) is 42.1 Å². The number of carbonyl (C=O) groups is 4. The predicted molar refractivity (Wildman–Crippen MR) is 167 cm³/mol. The minimum absolute atomic E-state index is 0.126. The maximum atomic E-state index is 13.1. The maximum Gasteiger partial charge on any atom is 0.408 e. The van der Waals surface area contributed by atoms with E-state index < -0.39 is 72.6 Å². The Labute approximate surface area is 274 Å². The third kappa shape index (κ3) is 10.5. The maximum absolute atomic E-state index is 13.1. The van der Waals surface area contributed by atoms with E-state index in [0.717, 1.165) is 11.1 Å². The highest BCUT2D eigenvalue weighted by Gasteiger charge is 2.52. The summed E-state index contributed by atoms with van der Waals surface area (Å²) < 4.78 is 36.3. The van der Waals surface area contributed by atoms with Crippen molar-refractivity contribution in [1.82, 2.24) is 21.5 Å². The molecule has 14 nitrogen and oxygen atoms in total. The Balaban J connectivity index is 1.48. The zero-order valence-electron chi connectivity index (χ0n) is 27.4. The lowest BCUT2D eigenvalue weighted by Crippen LogP contribution is -2.68. The van der Waals surface area contributed by atoms with E-state index in [1.807, 2.05) is 60.7 Å². The molecule has 47 heavy (non-hydrogen) atoms. The van der Waals surface area contributed by atoms with Crippen molar-refractivity contribution in [2.24, 2.45) is 0 Å². The number of nitrogens with one attached hydrogen (secondary N) is 4. The minimum atomic E-state index is -1.15. The second-order valence-electron chi connectivity index (χ2n) is 12.3. The quantitative estimate of drug-likeness (QED) is 0.278. The van der Waals surface area contributed by atoms with Crippen LogP contribution in [0.5, 0.6) is 0 Å². The number of rotatable bonds is 10. The van der Waals surface area contributed by atoms with Gasteiger partial charge in [-0.15, -0.1) is 0 Å². The van der Waals surface area contributed by atoms with Gasteiger partial charge in [0.15, 0.2) is 12.6 Å². The van der Waals surface area contributed by atoms with Crippen LogP contribution in [0.1, 0.15) is 59.0 Å². The molecule has 2 aliphatic rings. The molecule has 0 unspecified atom stereocenters. The Morgan fingerprint density at radius 1 is 0.915 bits per heavy atom. The SMILES string of the molecule is CC(=O)N[C@H]1[C@@H](OCc2ccccc2)O[C@@H]2CO[C@H](c3ccccc3)O[C@H]2[C@@H]1O[C@@H](C)C(=O)NNC(=O)[C@@H](C)NC(=O)OC(C)(C)C. The van der Waals surface area contributed by atoms with Crippen molar-refractivity contribution in [2.45, 2.75) is 103 Å². The summed E-state index contributed by atoms with van der Waals surface area (Å²) in [6, 6.07) is 16.9. The van der Waals surface area contributed by atoms with Crippen LogP contribution >= 0.6 is 0 Å². The first kappa shape index (κ1) is 35.8. The number of amides is 4. The third-order valence-corrected chi connectivity index (χ3v) is 7.20. The van der Waals surface area contributed by atoms with Crippen LogP contribution < -0.4 is 21.5 Å². The fraction of sp³-hybridized carbons (Fsp3) is 0.515. The van der Waals surface area contributed by atoms with Crippen molar-refractivity contribution in [3.05, 3.63) is 71.8 Å². The standard InChI is InChI=1S/C33H44N4O10/c1-19(34-32(41)47-33(4,5)6)28(39)36-37-29(40)20(2)44-27-25(35-21(3)38)31(42-17-22-13-9-7-10-14-22)45-24-18-43-30(46-26(24)27)23-15-11-8-12-16-23/h7-16,19-20,24-27,30-31H,17-18H2,1-6H3,(H,34,41)(H,35,38)(H,36,39)(H,37,40)/t19-,20+,24-,25-,26-,27-,30+,31+/m1/s1. The minimum Gasteiger partial charge on any atom is -0.444 e. The third-order valence-electron chi connectivity index (χ3n) is 7.20. The zero-order valence-corrected chi connectivity index (χ0v) is 27.4. The molecule has 0 aromatic heterocycles. The van der Waals surface area contributed by atoms with Gasteiger partial charge in [0.2, 0.25) is 5.91 Å². The number of carbonyl (C=O) groups excluding carboxylic acids is 4. The highest BCUT2D eigenvalue weighted by Crippen LogP contribution is 2.36. The van der Waals surface area contributed by atoms with Crippen LogP contribution in [0.15, 0.2) is 60.7 Å². The van der Waals surface area contributed by atoms with Gasteiger partial charge in [0.05, 0.1) is 13.2 Å². The van der Waals surface area contributed by atoms with E-state index in [2.05, 4.69) is 21.5 Å². The molecule has 2 aromatic carbocycles. The monoisotopic (exact) mass is 656 g/mol. The Hall–Kier alpha value is -4.08. The van der Waals surface area contributed by atoms with E-state index in [4.69, 9.17) is 28.4 Å². The molecule has 2 heterocycles. The summed E-state index contributed by atoms with van der Waals surface area (Å²) in [6.07, 6.45) is -6.07. The van der Waals surface area contributed by atoms with Crippen molar-refractivity contribution in [3.63, 3.8) is 0 Å². The van der Waals surface area contributed by atoms with Gasteiger partial charge in [-0.3, -0.25) is 25.2 Å². The number of hydrogen-bond donors (Lipinski definition) is 4. The van der Waals surface area contributed by atoms with Crippen LogP contribution in [-0.4, -0.2) is 78.8 Å². The first-order valence-electron chi connectivity index (χ1n) is 15.5. The van der Waals surface area contributed by atoms with Gasteiger partial charge in [0, 0.05) is 12.5 Å². The second-order valence-corrected chi connectivity index (χ2v) is 12.3. The number of hydrogen-bond acceptors (Lipinski definition) is 10. The molecular weight excluding hydrogens is 612 g/mol. The van der Waals surface area contributed by atoms with Crippen LogP contribution in [0.4, 0.5) is 4.79 Å². The molecule has 4 N–H and O–H groups in total. The molecule has 0 saturated carbocycles. The normalized spacial score (nSPS) is 25.3. The number of benzene rings is 2. The van der Waals surface area contributed by atoms with E-state index in [9.17, 15) is 19.2 Å². The molecule has 256 valence electrons. The van der Waals surface area contributed by atoms with Crippen LogP contribution in [0.2, 0.25) is 0 Å². The molecule has 0 spiro atoms. The second kappa shape index (κ2) is 16.2. The Morgan fingerprint density at radius 2 is 1.55 bits per heavy atom. The fourth-order valence-electron chi connectivity index (χ4n) is 4.98. The molecule has 2 aromatic rings. The van der Waals surface area contributed by atoms with Crippen molar-refractivity contribution >= 4 is 23.8 Å². The molecule has 2 aliphatic heterocycles. The van der Waals surface area contributed by atoms with Crippen molar-refractivity contribution < 1.29 is 47.6 Å². The zero-order chi connectivity index (χ0) is 34.1. The lowest BCUT2D eigenvalue weighted by molar-refractivity contribution is -0.351.